The van der Waals surface area contributed by atoms with E-state index < -0.39 is 16.1 Å². The average molecular weight is 263 g/mol. The molecule has 0 fully saturated rings. The topological polar surface area (TPSA) is 85.0 Å². The molecule has 0 aliphatic heterocycles. The normalized spacial score (nSPS) is 12.7. The Kier molecular flexibility index (Phi) is 4.43. The van der Waals surface area contributed by atoms with Crippen molar-refractivity contribution in [3.05, 3.63) is 29.8 Å². The fourth-order valence-corrected chi connectivity index (χ4v) is 3.11. The minimum Gasteiger partial charge on any atom is -0.207 e. The summed E-state index contributed by atoms with van der Waals surface area (Å²) in [5.74, 6) is 0. The summed E-state index contributed by atoms with van der Waals surface area (Å²) < 4.78 is 25.6. The van der Waals surface area contributed by atoms with Crippen molar-refractivity contribution in [3.63, 3.8) is 0 Å². The maximum atomic E-state index is 12.3. The first-order chi connectivity index (χ1) is 8.47. The van der Waals surface area contributed by atoms with Gasteiger partial charge >= 0.3 is 0 Å². The summed E-state index contributed by atoms with van der Waals surface area (Å²) in [5, 5.41) is 17.5. The van der Waals surface area contributed by atoms with Crippen LogP contribution in [-0.2, 0) is 10.0 Å². The molecular formula is C12H13N3O2S. The molecule has 0 aliphatic carbocycles. The van der Waals surface area contributed by atoms with E-state index in [4.69, 9.17) is 10.5 Å². The van der Waals surface area contributed by atoms with E-state index in [9.17, 15) is 8.42 Å². The van der Waals surface area contributed by atoms with Crippen LogP contribution < -0.4 is 0 Å². The van der Waals surface area contributed by atoms with Crippen LogP contribution in [0.5, 0.6) is 0 Å². The number of benzene rings is 1. The Labute approximate surface area is 107 Å². The molecule has 1 rings (SSSR count). The zero-order valence-electron chi connectivity index (χ0n) is 10.2. The zero-order valence-corrected chi connectivity index (χ0v) is 11.0. The van der Waals surface area contributed by atoms with Crippen molar-refractivity contribution in [2.75, 3.05) is 6.54 Å². The van der Waals surface area contributed by atoms with Crippen molar-refractivity contribution >= 4 is 10.0 Å². The molecule has 0 heterocycles. The van der Waals surface area contributed by atoms with E-state index >= 15 is 0 Å². The van der Waals surface area contributed by atoms with E-state index in [1.54, 1.807) is 6.92 Å². The van der Waals surface area contributed by atoms with Crippen LogP contribution in [-0.4, -0.2) is 25.3 Å². The largest absolute Gasteiger partial charge is 0.244 e. The van der Waals surface area contributed by atoms with Gasteiger partial charge in [0, 0.05) is 6.54 Å². The van der Waals surface area contributed by atoms with E-state index in [2.05, 4.69) is 0 Å². The molecule has 18 heavy (non-hydrogen) atoms. The number of sulfonamides is 1. The van der Waals surface area contributed by atoms with Gasteiger partial charge in [0.05, 0.1) is 22.6 Å². The molecule has 94 valence electrons. The Morgan fingerprint density at radius 2 is 1.83 bits per heavy atom. The van der Waals surface area contributed by atoms with Gasteiger partial charge in [-0.05, 0) is 31.2 Å². The molecule has 5 nitrogen and oxygen atoms in total. The highest BCUT2D eigenvalue weighted by molar-refractivity contribution is 7.89. The molecule has 0 bridgehead atoms. The lowest BCUT2D eigenvalue weighted by Crippen LogP contribution is -2.37. The number of hydrogen-bond donors (Lipinski definition) is 0. The molecule has 1 atom stereocenters. The molecule has 6 heteroatoms. The fraction of sp³-hybridized carbons (Fsp3) is 0.333. The molecule has 1 aromatic rings. The predicted molar refractivity (Wildman–Crippen MR) is 65.8 cm³/mol. The first kappa shape index (κ1) is 14.2. The molecule has 0 aromatic heterocycles. The maximum absolute atomic E-state index is 12.3. The molecule has 0 aliphatic rings. The number of rotatable bonds is 4. The van der Waals surface area contributed by atoms with Crippen LogP contribution in [0, 0.1) is 22.7 Å². The lowest BCUT2D eigenvalue weighted by molar-refractivity contribution is 0.399. The summed E-state index contributed by atoms with van der Waals surface area (Å²) in [5.41, 5.74) is 0.394. The maximum Gasteiger partial charge on any atom is 0.244 e. The van der Waals surface area contributed by atoms with Crippen molar-refractivity contribution in [2.45, 2.75) is 24.8 Å². The van der Waals surface area contributed by atoms with Crippen LogP contribution in [0.2, 0.25) is 0 Å². The highest BCUT2D eigenvalue weighted by Gasteiger charge is 2.27. The third-order valence-corrected chi connectivity index (χ3v) is 4.58. The Balaban J connectivity index is 3.20. The molecule has 1 unspecified atom stereocenters. The average Bonchev–Trinajstić information content (AvgIpc) is 2.39. The molecule has 0 N–H and O–H groups in total. The standard InChI is InChI=1S/C12H13N3O2S/c1-3-15(10(2)8-13)18(16,17)12-6-4-11(9-14)5-7-12/h4-7,10H,3H2,1-2H3. The Morgan fingerprint density at radius 3 is 2.22 bits per heavy atom. The van der Waals surface area contributed by atoms with Crippen molar-refractivity contribution in [1.29, 1.82) is 10.5 Å². The third kappa shape index (κ3) is 2.67. The van der Waals surface area contributed by atoms with Gasteiger partial charge in [-0.15, -0.1) is 0 Å². The summed E-state index contributed by atoms with van der Waals surface area (Å²) in [7, 11) is -3.69. The van der Waals surface area contributed by atoms with Gasteiger partial charge in [-0.1, -0.05) is 6.92 Å². The minimum atomic E-state index is -3.69. The smallest absolute Gasteiger partial charge is 0.207 e. The quantitative estimate of drug-likeness (QED) is 0.823. The van der Waals surface area contributed by atoms with Crippen LogP contribution in [0.3, 0.4) is 0 Å². The van der Waals surface area contributed by atoms with Crippen LogP contribution in [0.1, 0.15) is 19.4 Å². The van der Waals surface area contributed by atoms with Gasteiger partial charge in [0.15, 0.2) is 0 Å². The first-order valence-corrected chi connectivity index (χ1v) is 6.83. The lowest BCUT2D eigenvalue weighted by Gasteiger charge is -2.22. The van der Waals surface area contributed by atoms with Crippen LogP contribution in [0.25, 0.3) is 0 Å². The van der Waals surface area contributed by atoms with Crippen molar-refractivity contribution in [3.8, 4) is 12.1 Å². The zero-order chi connectivity index (χ0) is 13.8. The van der Waals surface area contributed by atoms with Crippen molar-refractivity contribution < 1.29 is 8.42 Å². The molecule has 0 saturated carbocycles. The monoisotopic (exact) mass is 263 g/mol. The molecule has 0 radical (unpaired) electrons. The summed E-state index contributed by atoms with van der Waals surface area (Å²) in [6.45, 7) is 3.43. The van der Waals surface area contributed by atoms with Crippen molar-refractivity contribution in [2.24, 2.45) is 0 Å². The van der Waals surface area contributed by atoms with E-state index in [1.807, 2.05) is 12.1 Å². The molecule has 1 aromatic carbocycles. The first-order valence-electron chi connectivity index (χ1n) is 5.39. The molecular weight excluding hydrogens is 250 g/mol. The molecule has 0 amide bonds. The van der Waals surface area contributed by atoms with Gasteiger partial charge in [-0.3, -0.25) is 0 Å². The molecule has 0 saturated heterocycles. The van der Waals surface area contributed by atoms with E-state index in [0.717, 1.165) is 4.31 Å². The number of hydrogen-bond acceptors (Lipinski definition) is 4. The fourth-order valence-electron chi connectivity index (χ4n) is 1.55. The second-order valence-corrected chi connectivity index (χ2v) is 5.54. The van der Waals surface area contributed by atoms with Gasteiger partial charge in [0.1, 0.15) is 6.04 Å². The van der Waals surface area contributed by atoms with Gasteiger partial charge in [0.25, 0.3) is 0 Å². The summed E-state index contributed by atoms with van der Waals surface area (Å²) in [6, 6.07) is 8.74. The number of nitrogens with zero attached hydrogens (tertiary/aromatic N) is 3. The van der Waals surface area contributed by atoms with Gasteiger partial charge in [-0.2, -0.15) is 14.8 Å². The Morgan fingerprint density at radius 1 is 1.28 bits per heavy atom. The SMILES string of the molecule is CCN(C(C)C#N)S(=O)(=O)c1ccc(C#N)cc1. The second kappa shape index (κ2) is 5.63. The second-order valence-electron chi connectivity index (χ2n) is 3.65. The van der Waals surface area contributed by atoms with Gasteiger partial charge in [0.2, 0.25) is 10.0 Å². The van der Waals surface area contributed by atoms with E-state index in [1.165, 1.54) is 31.2 Å². The summed E-state index contributed by atoms with van der Waals surface area (Å²) in [4.78, 5) is 0.0884. The van der Waals surface area contributed by atoms with Crippen molar-refractivity contribution in [1.82, 2.24) is 4.31 Å². The number of nitriles is 2. The summed E-state index contributed by atoms with van der Waals surface area (Å²) >= 11 is 0. The Hall–Kier alpha value is -1.89. The third-order valence-electron chi connectivity index (χ3n) is 2.52. The van der Waals surface area contributed by atoms with Crippen LogP contribution in [0.4, 0.5) is 0 Å². The molecule has 0 spiro atoms. The summed E-state index contributed by atoms with van der Waals surface area (Å²) in [6.07, 6.45) is 0. The van der Waals surface area contributed by atoms with E-state index in [-0.39, 0.29) is 11.4 Å². The van der Waals surface area contributed by atoms with Gasteiger partial charge in [-0.25, -0.2) is 8.42 Å². The highest BCUT2D eigenvalue weighted by Crippen LogP contribution is 2.18. The Bertz CT molecular complexity index is 594. The lowest BCUT2D eigenvalue weighted by atomic mass is 10.2. The van der Waals surface area contributed by atoms with Crippen LogP contribution in [0.15, 0.2) is 29.2 Å². The van der Waals surface area contributed by atoms with Crippen LogP contribution >= 0.6 is 0 Å². The van der Waals surface area contributed by atoms with E-state index in [0.29, 0.717) is 5.56 Å². The minimum absolute atomic E-state index is 0.0884. The predicted octanol–water partition coefficient (Wildman–Crippen LogP) is 1.48. The highest BCUT2D eigenvalue weighted by atomic mass is 32.2. The van der Waals surface area contributed by atoms with Gasteiger partial charge < -0.3 is 0 Å².